The number of anilines is 2. The van der Waals surface area contributed by atoms with Crippen LogP contribution in [0.1, 0.15) is 43.2 Å². The highest BCUT2D eigenvalue weighted by Crippen LogP contribution is 2.39. The number of halogens is 10. The van der Waals surface area contributed by atoms with E-state index in [2.05, 4.69) is 24.7 Å². The van der Waals surface area contributed by atoms with Gasteiger partial charge in [-0.3, -0.25) is 14.3 Å². The molecule has 378 valence electrons. The van der Waals surface area contributed by atoms with Gasteiger partial charge < -0.3 is 13.6 Å². The molecule has 27 heteroatoms. The molecular weight excluding hydrogens is 1100 g/mol. The van der Waals surface area contributed by atoms with Gasteiger partial charge in [-0.2, -0.15) is 26.3 Å². The Morgan fingerprint density at radius 1 is 0.630 bits per heavy atom. The second-order valence-electron chi connectivity index (χ2n) is 14.7. The molecule has 0 spiro atoms. The van der Waals surface area contributed by atoms with Gasteiger partial charge in [0.25, 0.3) is 20.0 Å². The first-order chi connectivity index (χ1) is 34.4. The van der Waals surface area contributed by atoms with Crippen LogP contribution < -0.4 is 9.03 Å². The minimum absolute atomic E-state index is 0.0210. The van der Waals surface area contributed by atoms with Gasteiger partial charge in [0.2, 0.25) is 23.3 Å². The van der Waals surface area contributed by atoms with Crippen LogP contribution in [0, 0.1) is 0 Å². The van der Waals surface area contributed by atoms with Crippen molar-refractivity contribution in [3.05, 3.63) is 188 Å². The molecule has 4 aromatic carbocycles. The monoisotopic (exact) mass is 1130 g/mol. The highest BCUT2D eigenvalue weighted by atomic mass is 35.5. The number of alkyl halides is 6. The van der Waals surface area contributed by atoms with Crippen LogP contribution in [0.3, 0.4) is 0 Å². The summed E-state index contributed by atoms with van der Waals surface area (Å²) in [5, 5.41) is -1.41. The number of hydrogen-bond acceptors (Lipinski definition) is 13. The fourth-order valence-corrected chi connectivity index (χ4v) is 9.93. The molecule has 0 aliphatic heterocycles. The highest BCUT2D eigenvalue weighted by Gasteiger charge is 2.38. The Hall–Kier alpha value is -6.86. The average molecular weight is 1130 g/mol. The number of oxazole rings is 2. The third-order valence-corrected chi connectivity index (χ3v) is 14.1. The van der Waals surface area contributed by atoms with Gasteiger partial charge in [0, 0.05) is 41.8 Å². The SMILES string of the molecule is COCN(c1cc(Cl)cnc1C(=O)c1ccccc1-c1ncco1)S(=O)(=O)c1ccc(Cl)c(C(F)(F)F)c1.O=C(c1ccccc1-c1ncco1)c1ncc(Cl)cc1NS(=O)(=O)c1ccc(Cl)c(C(F)(F)F)c1. The number of ether oxygens (including phenoxy) is 1. The molecule has 0 amide bonds. The molecule has 4 heterocycles. The predicted molar refractivity (Wildman–Crippen MR) is 254 cm³/mol. The number of ketones is 2. The summed E-state index contributed by atoms with van der Waals surface area (Å²) in [5.74, 6) is -1.16. The van der Waals surface area contributed by atoms with Gasteiger partial charge in [-0.15, -0.1) is 0 Å². The first-order valence-corrected chi connectivity index (χ1v) is 24.5. The zero-order chi connectivity index (χ0) is 53.0. The Labute approximate surface area is 429 Å². The van der Waals surface area contributed by atoms with Crippen LogP contribution in [0.15, 0.2) is 153 Å². The lowest BCUT2D eigenvalue weighted by molar-refractivity contribution is -0.138. The standard InChI is InChI=1S/C24H16Cl2F3N3O5S.C22H12Cl2F3N3O4S/c1-36-13-32(38(34,35)15-6-7-19(26)18(11-15)24(27,28)29)20-10-14(25)12-31-21(20)22(33)16-4-2-3-5-17(16)23-30-8-9-37-23;23-12-9-18(30-35(32,33)13-5-6-17(24)16(10-13)22(25,26)27)19(29-11-12)20(31)14-3-1-2-4-15(14)21-28-7-8-34-21/h2-12H,13H2,1H3;1-11,30H. The molecule has 0 saturated carbocycles. The highest BCUT2D eigenvalue weighted by molar-refractivity contribution is 7.93. The topological polar surface area (TPSA) is 205 Å². The lowest BCUT2D eigenvalue weighted by atomic mass is 10.0. The number of nitrogens with one attached hydrogen (secondary N) is 1. The van der Waals surface area contributed by atoms with Crippen molar-refractivity contribution in [2.24, 2.45) is 0 Å². The molecule has 15 nitrogen and oxygen atoms in total. The molecule has 0 saturated heterocycles. The molecule has 0 radical (unpaired) electrons. The Balaban J connectivity index is 0.000000214. The van der Waals surface area contributed by atoms with Crippen LogP contribution in [-0.4, -0.2) is 62.2 Å². The summed E-state index contributed by atoms with van der Waals surface area (Å²) in [5.41, 5.74) is -3.26. The average Bonchev–Trinajstić information content (AvgIpc) is 4.09. The van der Waals surface area contributed by atoms with Crippen molar-refractivity contribution in [3.8, 4) is 22.9 Å². The third kappa shape index (κ3) is 12.0. The molecule has 0 unspecified atom stereocenters. The number of nitrogens with zero attached hydrogens (tertiary/aromatic N) is 5. The van der Waals surface area contributed by atoms with E-state index in [1.807, 2.05) is 0 Å². The second kappa shape index (κ2) is 21.7. The lowest BCUT2D eigenvalue weighted by Crippen LogP contribution is -2.34. The zero-order valence-corrected chi connectivity index (χ0v) is 41.1. The van der Waals surface area contributed by atoms with Crippen molar-refractivity contribution in [2.45, 2.75) is 22.1 Å². The van der Waals surface area contributed by atoms with Gasteiger partial charge >= 0.3 is 12.4 Å². The Morgan fingerprint density at radius 3 is 1.59 bits per heavy atom. The van der Waals surface area contributed by atoms with Gasteiger partial charge in [0.1, 0.15) is 30.6 Å². The number of hydrogen-bond donors (Lipinski definition) is 1. The molecule has 0 aliphatic carbocycles. The Kier molecular flexibility index (Phi) is 16.0. The first kappa shape index (κ1) is 53.9. The largest absolute Gasteiger partial charge is 0.445 e. The maximum Gasteiger partial charge on any atom is 0.417 e. The van der Waals surface area contributed by atoms with Crippen LogP contribution in [-0.2, 0) is 37.1 Å². The van der Waals surface area contributed by atoms with Crippen LogP contribution in [0.5, 0.6) is 0 Å². The molecule has 1 N–H and O–H groups in total. The minimum Gasteiger partial charge on any atom is -0.445 e. The molecule has 0 bridgehead atoms. The van der Waals surface area contributed by atoms with E-state index in [0.717, 1.165) is 48.8 Å². The van der Waals surface area contributed by atoms with E-state index in [9.17, 15) is 52.8 Å². The summed E-state index contributed by atoms with van der Waals surface area (Å²) in [6.45, 7) is -0.685. The third-order valence-electron chi connectivity index (χ3n) is 9.93. The van der Waals surface area contributed by atoms with E-state index in [-0.39, 0.29) is 55.7 Å². The zero-order valence-electron chi connectivity index (χ0n) is 36.4. The van der Waals surface area contributed by atoms with Crippen LogP contribution >= 0.6 is 46.4 Å². The van der Waals surface area contributed by atoms with E-state index < -0.39 is 81.7 Å². The number of benzene rings is 4. The number of carbonyl (C=O) groups excluding carboxylic acids is 2. The Morgan fingerprint density at radius 2 is 1.10 bits per heavy atom. The molecule has 8 aromatic rings. The number of methoxy groups -OCH3 is 1. The van der Waals surface area contributed by atoms with Crippen LogP contribution in [0.4, 0.5) is 37.7 Å². The number of rotatable bonds is 14. The van der Waals surface area contributed by atoms with Crippen molar-refractivity contribution < 1.29 is 66.3 Å². The molecular formula is C46H28Cl4F6N6O9S2. The van der Waals surface area contributed by atoms with Gasteiger partial charge in [0.05, 0.1) is 64.8 Å². The molecule has 0 fully saturated rings. The normalized spacial score (nSPS) is 11.9. The van der Waals surface area contributed by atoms with E-state index in [4.69, 9.17) is 60.0 Å². The Bertz CT molecular complexity index is 3590. The van der Waals surface area contributed by atoms with Gasteiger partial charge in [-0.25, -0.2) is 41.1 Å². The van der Waals surface area contributed by atoms with Crippen molar-refractivity contribution in [2.75, 3.05) is 22.9 Å². The van der Waals surface area contributed by atoms with E-state index in [1.54, 1.807) is 36.4 Å². The van der Waals surface area contributed by atoms with Crippen molar-refractivity contribution in [3.63, 3.8) is 0 Å². The molecule has 4 aromatic heterocycles. The van der Waals surface area contributed by atoms with E-state index in [0.29, 0.717) is 27.6 Å². The van der Waals surface area contributed by atoms with Crippen molar-refractivity contribution in [1.29, 1.82) is 0 Å². The number of sulfonamides is 2. The van der Waals surface area contributed by atoms with Crippen LogP contribution in [0.2, 0.25) is 20.1 Å². The maximum absolute atomic E-state index is 13.7. The van der Waals surface area contributed by atoms with Crippen LogP contribution in [0.25, 0.3) is 22.9 Å². The fraction of sp³-hybridized carbons (Fsp3) is 0.0870. The molecule has 8 rings (SSSR count). The number of carbonyl (C=O) groups is 2. The predicted octanol–water partition coefficient (Wildman–Crippen LogP) is 12.2. The smallest absolute Gasteiger partial charge is 0.417 e. The summed E-state index contributed by atoms with van der Waals surface area (Å²) < 4.78 is 151. The summed E-state index contributed by atoms with van der Waals surface area (Å²) in [7, 11) is -8.20. The van der Waals surface area contributed by atoms with Gasteiger partial charge in [0.15, 0.2) is 0 Å². The molecule has 0 atom stereocenters. The van der Waals surface area contributed by atoms with E-state index in [1.165, 1.54) is 44.2 Å². The molecule has 73 heavy (non-hydrogen) atoms. The maximum atomic E-state index is 13.7. The number of pyridine rings is 2. The summed E-state index contributed by atoms with van der Waals surface area (Å²) in [4.78, 5) is 41.7. The summed E-state index contributed by atoms with van der Waals surface area (Å²) in [6.07, 6.45) is -2.14. The van der Waals surface area contributed by atoms with Crippen molar-refractivity contribution in [1.82, 2.24) is 19.9 Å². The lowest BCUT2D eigenvalue weighted by Gasteiger charge is -2.25. The van der Waals surface area contributed by atoms with Gasteiger partial charge in [-0.05, 0) is 60.7 Å². The minimum atomic E-state index is -4.92. The second-order valence-corrected chi connectivity index (χ2v) is 19.9. The first-order valence-electron chi connectivity index (χ1n) is 20.1. The molecule has 0 aliphatic rings. The van der Waals surface area contributed by atoms with Gasteiger partial charge in [-0.1, -0.05) is 82.8 Å². The summed E-state index contributed by atoms with van der Waals surface area (Å²) >= 11 is 23.3. The quantitative estimate of drug-likeness (QED) is 0.0612. The van der Waals surface area contributed by atoms with Crippen molar-refractivity contribution >= 4 is 89.4 Å². The summed E-state index contributed by atoms with van der Waals surface area (Å²) in [6, 6.07) is 19.0. The van der Waals surface area contributed by atoms with E-state index >= 15 is 0 Å². The number of aromatic nitrogens is 4. The fourth-order valence-electron chi connectivity index (χ4n) is 6.68.